The summed E-state index contributed by atoms with van der Waals surface area (Å²) in [4.78, 5) is 51.2. The molecule has 0 aromatic heterocycles. The number of urea groups is 1. The Labute approximate surface area is 234 Å². The molecule has 5 N–H and O–H groups in total. The summed E-state index contributed by atoms with van der Waals surface area (Å²) >= 11 is 1.56. The number of hydrogen-bond acceptors (Lipinski definition) is 5. The Balaban J connectivity index is 1.63. The van der Waals surface area contributed by atoms with Crippen molar-refractivity contribution in [2.45, 2.75) is 55.8 Å². The third kappa shape index (κ3) is 8.63. The van der Waals surface area contributed by atoms with Crippen LogP contribution in [-0.4, -0.2) is 55.2 Å². The van der Waals surface area contributed by atoms with Gasteiger partial charge in [0, 0.05) is 29.1 Å². The maximum Gasteiger partial charge on any atom is 0.416 e. The van der Waals surface area contributed by atoms with E-state index in [1.54, 1.807) is 30.8 Å². The van der Waals surface area contributed by atoms with Gasteiger partial charge in [0.1, 0.15) is 0 Å². The van der Waals surface area contributed by atoms with Gasteiger partial charge in [-0.15, -0.1) is 11.8 Å². The van der Waals surface area contributed by atoms with E-state index in [1.165, 1.54) is 0 Å². The van der Waals surface area contributed by atoms with Crippen LogP contribution in [0, 0.1) is 0 Å². The van der Waals surface area contributed by atoms with Gasteiger partial charge in [-0.3, -0.25) is 14.4 Å². The van der Waals surface area contributed by atoms with E-state index in [2.05, 4.69) is 26.6 Å². The van der Waals surface area contributed by atoms with E-state index in [0.29, 0.717) is 24.5 Å². The van der Waals surface area contributed by atoms with Crippen molar-refractivity contribution < 1.29 is 32.3 Å². The third-order valence-electron chi connectivity index (χ3n) is 6.37. The van der Waals surface area contributed by atoms with Gasteiger partial charge in [-0.05, 0) is 68.5 Å². The summed E-state index contributed by atoms with van der Waals surface area (Å²) in [5.74, 6) is -1.78. The molecule has 2 aromatic rings. The van der Waals surface area contributed by atoms with Gasteiger partial charge in [-0.2, -0.15) is 13.2 Å². The van der Waals surface area contributed by atoms with Crippen molar-refractivity contribution in [3.05, 3.63) is 59.2 Å². The van der Waals surface area contributed by atoms with Crippen LogP contribution in [0.4, 0.5) is 23.7 Å². The van der Waals surface area contributed by atoms with E-state index in [1.807, 2.05) is 18.4 Å². The number of carbonyl (C=O) groups excluding carboxylic acids is 4. The second-order valence-electron chi connectivity index (χ2n) is 9.19. The number of amides is 5. The molecule has 0 bridgehead atoms. The molecular weight excluding hydrogens is 547 g/mol. The summed E-state index contributed by atoms with van der Waals surface area (Å²) < 4.78 is 39.8. The molecule has 13 heteroatoms. The Morgan fingerprint density at radius 3 is 2.15 bits per heavy atom. The number of carbonyl (C=O) groups is 4. The summed E-state index contributed by atoms with van der Waals surface area (Å²) in [5.41, 5.74) is -1.16. The molecule has 1 aliphatic rings. The molecule has 40 heavy (non-hydrogen) atoms. The first kappa shape index (κ1) is 30.8. The molecule has 1 fully saturated rings. The largest absolute Gasteiger partial charge is 0.416 e. The van der Waals surface area contributed by atoms with Crippen molar-refractivity contribution in [1.29, 1.82) is 0 Å². The summed E-state index contributed by atoms with van der Waals surface area (Å²) in [6.07, 6.45) is 0.208. The molecule has 5 amide bonds. The Morgan fingerprint density at radius 1 is 0.900 bits per heavy atom. The van der Waals surface area contributed by atoms with Gasteiger partial charge in [-0.25, -0.2) is 4.79 Å². The van der Waals surface area contributed by atoms with Crippen LogP contribution >= 0.6 is 11.8 Å². The number of anilines is 1. The number of hydrogen-bond donors (Lipinski definition) is 5. The number of alkyl halides is 3. The maximum atomic E-state index is 13.3. The van der Waals surface area contributed by atoms with Gasteiger partial charge in [0.05, 0.1) is 23.4 Å². The van der Waals surface area contributed by atoms with Crippen molar-refractivity contribution in [3.63, 3.8) is 0 Å². The highest BCUT2D eigenvalue weighted by atomic mass is 32.2. The van der Waals surface area contributed by atoms with Crippen LogP contribution < -0.4 is 26.6 Å². The minimum absolute atomic E-state index is 0.141. The summed E-state index contributed by atoms with van der Waals surface area (Å²) in [6, 6.07) is 8.12. The van der Waals surface area contributed by atoms with E-state index in [9.17, 15) is 32.3 Å². The van der Waals surface area contributed by atoms with Crippen LogP contribution in [0.2, 0.25) is 0 Å². The fourth-order valence-electron chi connectivity index (χ4n) is 4.33. The van der Waals surface area contributed by atoms with Crippen LogP contribution in [0.15, 0.2) is 47.4 Å². The molecule has 9 nitrogen and oxygen atoms in total. The zero-order valence-corrected chi connectivity index (χ0v) is 22.9. The minimum Gasteiger partial charge on any atom is -0.350 e. The van der Waals surface area contributed by atoms with Gasteiger partial charge >= 0.3 is 12.2 Å². The Morgan fingerprint density at radius 2 is 1.55 bits per heavy atom. The normalized spacial score (nSPS) is 16.9. The highest BCUT2D eigenvalue weighted by molar-refractivity contribution is 7.98. The zero-order chi connectivity index (χ0) is 29.3. The first-order valence-corrected chi connectivity index (χ1v) is 14.0. The number of rotatable bonds is 9. The van der Waals surface area contributed by atoms with Crippen molar-refractivity contribution >= 4 is 41.2 Å². The summed E-state index contributed by atoms with van der Waals surface area (Å²) in [5, 5.41) is 12.9. The van der Waals surface area contributed by atoms with Crippen molar-refractivity contribution in [3.8, 4) is 0 Å². The van der Waals surface area contributed by atoms with Crippen molar-refractivity contribution in [2.24, 2.45) is 0 Å². The Kier molecular flexibility index (Phi) is 10.8. The molecule has 216 valence electrons. The van der Waals surface area contributed by atoms with E-state index >= 15 is 0 Å². The lowest BCUT2D eigenvalue weighted by Gasteiger charge is -2.33. The predicted molar refractivity (Wildman–Crippen MR) is 146 cm³/mol. The van der Waals surface area contributed by atoms with Gasteiger partial charge in [0.25, 0.3) is 11.8 Å². The van der Waals surface area contributed by atoms with Gasteiger partial charge in [0.15, 0.2) is 0 Å². The van der Waals surface area contributed by atoms with E-state index in [-0.39, 0.29) is 30.2 Å². The number of halogens is 3. The highest BCUT2D eigenvalue weighted by Gasteiger charge is 2.32. The molecule has 0 spiro atoms. The lowest BCUT2D eigenvalue weighted by atomic mass is 9.90. The fraction of sp³-hybridized carbons (Fsp3) is 0.407. The number of nitrogens with one attached hydrogen (secondary N) is 5. The topological polar surface area (TPSA) is 128 Å². The van der Waals surface area contributed by atoms with Crippen LogP contribution in [0.3, 0.4) is 0 Å². The first-order valence-electron chi connectivity index (χ1n) is 12.8. The van der Waals surface area contributed by atoms with Crippen LogP contribution in [0.1, 0.15) is 58.9 Å². The van der Waals surface area contributed by atoms with Gasteiger partial charge < -0.3 is 26.6 Å². The maximum absolute atomic E-state index is 13.3. The van der Waals surface area contributed by atoms with E-state index < -0.39 is 41.7 Å². The predicted octanol–water partition coefficient (Wildman–Crippen LogP) is 4.16. The monoisotopic (exact) mass is 579 g/mol. The Hall–Kier alpha value is -3.74. The standard InChI is InChI=1S/C27H32F3N5O4S/c1-3-31-26(39)35-20-13-10-17(27(28,29)30)14-19(20)25(38)32-15-23(36)33-21-6-4-5-7-22(21)34-24(37)16-8-11-18(40-2)12-9-16/h8-14,21-22H,3-7,15H2,1-2H3,(H,32,38)(H,33,36)(H,34,37)(H2,31,35,39). The minimum atomic E-state index is -4.71. The second-order valence-corrected chi connectivity index (χ2v) is 10.1. The van der Waals surface area contributed by atoms with E-state index in [0.717, 1.165) is 29.9 Å². The molecule has 0 saturated heterocycles. The zero-order valence-electron chi connectivity index (χ0n) is 22.1. The lowest BCUT2D eigenvalue weighted by molar-refractivity contribution is -0.137. The molecule has 1 aliphatic carbocycles. The summed E-state index contributed by atoms with van der Waals surface area (Å²) in [7, 11) is 0. The van der Waals surface area contributed by atoms with Crippen molar-refractivity contribution in [1.82, 2.24) is 21.3 Å². The molecule has 2 atom stereocenters. The second kappa shape index (κ2) is 14.1. The highest BCUT2D eigenvalue weighted by Crippen LogP contribution is 2.32. The molecular formula is C27H32F3N5O4S. The van der Waals surface area contributed by atoms with E-state index in [4.69, 9.17) is 0 Å². The van der Waals surface area contributed by atoms with Crippen molar-refractivity contribution in [2.75, 3.05) is 24.7 Å². The summed E-state index contributed by atoms with van der Waals surface area (Å²) in [6.45, 7) is 1.41. The quantitative estimate of drug-likeness (QED) is 0.285. The van der Waals surface area contributed by atoms with Crippen LogP contribution in [0.5, 0.6) is 0 Å². The molecule has 0 radical (unpaired) electrons. The van der Waals surface area contributed by atoms with Crippen LogP contribution in [0.25, 0.3) is 0 Å². The smallest absolute Gasteiger partial charge is 0.350 e. The lowest BCUT2D eigenvalue weighted by Crippen LogP contribution is -2.54. The van der Waals surface area contributed by atoms with Gasteiger partial charge in [0.2, 0.25) is 5.91 Å². The van der Waals surface area contributed by atoms with Crippen LogP contribution in [-0.2, 0) is 11.0 Å². The number of thioether (sulfide) groups is 1. The average molecular weight is 580 g/mol. The number of benzene rings is 2. The molecule has 2 aromatic carbocycles. The van der Waals surface area contributed by atoms with Gasteiger partial charge in [-0.1, -0.05) is 12.8 Å². The molecule has 0 heterocycles. The molecule has 0 aliphatic heterocycles. The molecule has 2 unspecified atom stereocenters. The third-order valence-corrected chi connectivity index (χ3v) is 7.11. The average Bonchev–Trinajstić information content (AvgIpc) is 2.92. The fourth-order valence-corrected chi connectivity index (χ4v) is 4.74. The SMILES string of the molecule is CCNC(=O)Nc1ccc(C(F)(F)F)cc1C(=O)NCC(=O)NC1CCCCC1NC(=O)c1ccc(SC)cc1. The first-order chi connectivity index (χ1) is 19.0. The Bertz CT molecular complexity index is 1220. The molecule has 1 saturated carbocycles. The molecule has 3 rings (SSSR count).